The maximum atomic E-state index is 13.4. The number of primary amides is 1. The van der Waals surface area contributed by atoms with Crippen LogP contribution in [0.3, 0.4) is 0 Å². The molecular weight excluding hydrogens is 434 g/mol. The Morgan fingerprint density at radius 2 is 1.68 bits per heavy atom. The van der Waals surface area contributed by atoms with E-state index >= 15 is 0 Å². The lowest BCUT2D eigenvalue weighted by Crippen LogP contribution is -2.68. The first kappa shape index (κ1) is 21.5. The first-order chi connectivity index (χ1) is 15.0. The largest absolute Gasteiger partial charge is 0.448 e. The smallest absolute Gasteiger partial charge is 0.356 e. The third-order valence-electron chi connectivity index (χ3n) is 4.99. The summed E-state index contributed by atoms with van der Waals surface area (Å²) < 4.78 is 5.97. The van der Waals surface area contributed by atoms with Crippen LogP contribution in [0.4, 0.5) is 0 Å². The molecule has 2 aliphatic heterocycles. The monoisotopic (exact) mass is 455 g/mol. The Bertz CT molecular complexity index is 990. The van der Waals surface area contributed by atoms with Crippen LogP contribution >= 0.6 is 23.5 Å². The Balaban J connectivity index is 1.68. The van der Waals surface area contributed by atoms with E-state index in [9.17, 15) is 14.4 Å². The van der Waals surface area contributed by atoms with Crippen molar-refractivity contribution < 1.29 is 19.1 Å². The number of amides is 2. The fourth-order valence-corrected chi connectivity index (χ4v) is 5.81. The van der Waals surface area contributed by atoms with Gasteiger partial charge in [-0.3, -0.25) is 14.5 Å². The van der Waals surface area contributed by atoms with Crippen molar-refractivity contribution in [1.82, 2.24) is 4.90 Å². The number of ether oxygens (including phenoxy) is 1. The second-order valence-corrected chi connectivity index (χ2v) is 9.24. The SMILES string of the molecule is NC(=O)CSC1=C(C(=O)OC(c2ccccc2)c2ccccc2)N2C(=O)[C@@H](N)[C@H]2SC1. The van der Waals surface area contributed by atoms with Gasteiger partial charge >= 0.3 is 5.97 Å². The molecule has 2 amide bonds. The second-order valence-electron chi connectivity index (χ2n) is 7.07. The zero-order chi connectivity index (χ0) is 22.0. The van der Waals surface area contributed by atoms with Gasteiger partial charge in [-0.2, -0.15) is 0 Å². The zero-order valence-corrected chi connectivity index (χ0v) is 18.1. The van der Waals surface area contributed by atoms with Crippen LogP contribution in [0, 0.1) is 0 Å². The summed E-state index contributed by atoms with van der Waals surface area (Å²) in [6, 6.07) is 18.1. The van der Waals surface area contributed by atoms with Gasteiger partial charge in [-0.05, 0) is 11.1 Å². The van der Waals surface area contributed by atoms with E-state index in [0.717, 1.165) is 22.9 Å². The van der Waals surface area contributed by atoms with E-state index in [1.54, 1.807) is 0 Å². The molecule has 0 spiro atoms. The van der Waals surface area contributed by atoms with Crippen LogP contribution < -0.4 is 11.5 Å². The molecule has 2 aliphatic rings. The highest BCUT2D eigenvalue weighted by Gasteiger charge is 2.52. The fraction of sp³-hybridized carbons (Fsp3) is 0.227. The highest BCUT2D eigenvalue weighted by Crippen LogP contribution is 2.43. The Kier molecular flexibility index (Phi) is 6.35. The van der Waals surface area contributed by atoms with E-state index in [-0.39, 0.29) is 22.7 Å². The van der Waals surface area contributed by atoms with Crippen LogP contribution in [-0.2, 0) is 19.1 Å². The molecule has 2 aromatic rings. The van der Waals surface area contributed by atoms with E-state index in [1.165, 1.54) is 16.7 Å². The highest BCUT2D eigenvalue weighted by atomic mass is 32.2. The van der Waals surface area contributed by atoms with E-state index in [1.807, 2.05) is 60.7 Å². The molecule has 0 aliphatic carbocycles. The number of benzene rings is 2. The minimum absolute atomic E-state index is 0.00617. The van der Waals surface area contributed by atoms with Gasteiger partial charge in [0.1, 0.15) is 17.1 Å². The molecule has 9 heteroatoms. The summed E-state index contributed by atoms with van der Waals surface area (Å²) in [5, 5.41) is -0.320. The number of hydrogen-bond acceptors (Lipinski definition) is 7. The predicted molar refractivity (Wildman–Crippen MR) is 121 cm³/mol. The number of esters is 1. The standard InChI is InChI=1S/C22H21N3O4S2/c23-16(26)12-30-15-11-31-21-17(24)20(27)25(21)18(15)22(28)29-19(13-7-3-1-4-8-13)14-9-5-2-6-10-14/h1-10,17,19,21H,11-12,24H2,(H2,23,26)/t17-,21-/m1/s1. The lowest BCUT2D eigenvalue weighted by Gasteiger charge is -2.48. The maximum absolute atomic E-state index is 13.4. The number of rotatable bonds is 7. The average Bonchev–Trinajstić information content (AvgIpc) is 2.80. The number of fused-ring (bicyclic) bond motifs is 1. The molecule has 0 saturated carbocycles. The number of hydrogen-bond donors (Lipinski definition) is 2. The summed E-state index contributed by atoms with van der Waals surface area (Å²) in [4.78, 5) is 39.1. The molecule has 2 aromatic carbocycles. The lowest BCUT2D eigenvalue weighted by atomic mass is 10.0. The molecule has 1 fully saturated rings. The summed E-state index contributed by atoms with van der Waals surface area (Å²) >= 11 is 2.61. The number of carbonyl (C=O) groups excluding carboxylic acids is 3. The van der Waals surface area contributed by atoms with Crippen LogP contribution in [0.5, 0.6) is 0 Å². The van der Waals surface area contributed by atoms with Crippen molar-refractivity contribution in [2.24, 2.45) is 11.5 Å². The molecule has 2 heterocycles. The Morgan fingerprint density at radius 3 is 2.23 bits per heavy atom. The lowest BCUT2D eigenvalue weighted by molar-refractivity contribution is -0.152. The maximum Gasteiger partial charge on any atom is 0.356 e. The molecular formula is C22H21N3O4S2. The summed E-state index contributed by atoms with van der Waals surface area (Å²) in [5.74, 6) is -1.01. The Morgan fingerprint density at radius 1 is 1.10 bits per heavy atom. The van der Waals surface area contributed by atoms with Crippen molar-refractivity contribution in [3.63, 3.8) is 0 Å². The summed E-state index contributed by atoms with van der Waals surface area (Å²) in [5.41, 5.74) is 13.0. The third kappa shape index (κ3) is 4.34. The van der Waals surface area contributed by atoms with E-state index in [4.69, 9.17) is 16.2 Å². The van der Waals surface area contributed by atoms with Crippen molar-refractivity contribution >= 4 is 41.3 Å². The number of β-lactam (4-membered cyclic amide) rings is 1. The molecule has 0 bridgehead atoms. The summed E-state index contributed by atoms with van der Waals surface area (Å²) in [6.45, 7) is 0. The number of nitrogens with two attached hydrogens (primary N) is 2. The number of nitrogens with zero attached hydrogens (tertiary/aromatic N) is 1. The van der Waals surface area contributed by atoms with Gasteiger partial charge in [0.25, 0.3) is 0 Å². The molecule has 2 atom stereocenters. The normalized spacial score (nSPS) is 20.3. The van der Waals surface area contributed by atoms with Crippen molar-refractivity contribution in [3.8, 4) is 0 Å². The minimum Gasteiger partial charge on any atom is -0.448 e. The predicted octanol–water partition coefficient (Wildman–Crippen LogP) is 1.99. The van der Waals surface area contributed by atoms with Crippen LogP contribution in [0.2, 0.25) is 0 Å². The van der Waals surface area contributed by atoms with Gasteiger partial charge in [0.05, 0.1) is 5.75 Å². The fourth-order valence-electron chi connectivity index (χ4n) is 3.49. The molecule has 1 saturated heterocycles. The van der Waals surface area contributed by atoms with Gasteiger partial charge in [0.15, 0.2) is 6.10 Å². The van der Waals surface area contributed by atoms with Crippen molar-refractivity contribution in [3.05, 3.63) is 82.4 Å². The van der Waals surface area contributed by atoms with Crippen LogP contribution in [0.25, 0.3) is 0 Å². The topological polar surface area (TPSA) is 116 Å². The van der Waals surface area contributed by atoms with Gasteiger partial charge in [-0.15, -0.1) is 23.5 Å². The number of thioether (sulfide) groups is 2. The third-order valence-corrected chi connectivity index (χ3v) is 7.58. The molecule has 31 heavy (non-hydrogen) atoms. The van der Waals surface area contributed by atoms with Gasteiger partial charge in [-0.1, -0.05) is 60.7 Å². The van der Waals surface area contributed by atoms with Gasteiger partial charge < -0.3 is 16.2 Å². The van der Waals surface area contributed by atoms with Crippen molar-refractivity contribution in [1.29, 1.82) is 0 Å². The number of carbonyl (C=O) groups is 3. The molecule has 4 N–H and O–H groups in total. The molecule has 0 radical (unpaired) electrons. The average molecular weight is 456 g/mol. The summed E-state index contributed by atoms with van der Waals surface area (Å²) in [7, 11) is 0. The minimum atomic E-state index is -0.658. The first-order valence-corrected chi connectivity index (χ1v) is 11.7. The van der Waals surface area contributed by atoms with E-state index < -0.39 is 24.0 Å². The van der Waals surface area contributed by atoms with Gasteiger partial charge in [0.2, 0.25) is 11.8 Å². The van der Waals surface area contributed by atoms with Crippen LogP contribution in [0.15, 0.2) is 71.3 Å². The summed E-state index contributed by atoms with van der Waals surface area (Å²) in [6.07, 6.45) is -0.650. The highest BCUT2D eigenvalue weighted by molar-refractivity contribution is 8.06. The first-order valence-electron chi connectivity index (χ1n) is 9.62. The van der Waals surface area contributed by atoms with Crippen LogP contribution in [-0.4, -0.2) is 45.6 Å². The van der Waals surface area contributed by atoms with E-state index in [2.05, 4.69) is 0 Å². The van der Waals surface area contributed by atoms with Crippen molar-refractivity contribution in [2.75, 3.05) is 11.5 Å². The molecule has 160 valence electrons. The van der Waals surface area contributed by atoms with Gasteiger partial charge in [0, 0.05) is 10.7 Å². The van der Waals surface area contributed by atoms with Crippen molar-refractivity contribution in [2.45, 2.75) is 17.5 Å². The molecule has 0 unspecified atom stereocenters. The zero-order valence-electron chi connectivity index (χ0n) is 16.5. The van der Waals surface area contributed by atoms with Crippen LogP contribution in [0.1, 0.15) is 17.2 Å². The molecule has 0 aromatic heterocycles. The van der Waals surface area contributed by atoms with E-state index in [0.29, 0.717) is 10.7 Å². The molecule has 4 rings (SSSR count). The van der Waals surface area contributed by atoms with Gasteiger partial charge in [-0.25, -0.2) is 4.79 Å². The molecule has 7 nitrogen and oxygen atoms in total. The quantitative estimate of drug-likeness (QED) is 0.484. The Hall–Kier alpha value is -2.75. The Labute approximate surface area is 188 Å². The second kappa shape index (κ2) is 9.17.